The lowest BCUT2D eigenvalue weighted by Crippen LogP contribution is -2.43. The number of halogens is 3. The number of amides is 1. The van der Waals surface area contributed by atoms with Crippen LogP contribution in [0.5, 0.6) is 0 Å². The highest BCUT2D eigenvalue weighted by molar-refractivity contribution is 5.79. The van der Waals surface area contributed by atoms with Crippen LogP contribution in [-0.2, 0) is 16.7 Å². The maximum atomic E-state index is 12.8. The number of rotatable bonds is 4. The van der Waals surface area contributed by atoms with Gasteiger partial charge in [-0.15, -0.1) is 0 Å². The van der Waals surface area contributed by atoms with Crippen molar-refractivity contribution >= 4 is 5.91 Å². The van der Waals surface area contributed by atoms with Crippen molar-refractivity contribution in [3.63, 3.8) is 0 Å². The summed E-state index contributed by atoms with van der Waals surface area (Å²) in [5, 5.41) is 10.7. The van der Waals surface area contributed by atoms with Gasteiger partial charge >= 0.3 is 6.18 Å². The molecular weight excluding hydrogens is 283 g/mol. The lowest BCUT2D eigenvalue weighted by Gasteiger charge is -2.34. The highest BCUT2D eigenvalue weighted by atomic mass is 19.4. The predicted octanol–water partition coefficient (Wildman–Crippen LogP) is 3.27. The first-order valence-electron chi connectivity index (χ1n) is 6.99. The van der Waals surface area contributed by atoms with Crippen molar-refractivity contribution in [1.29, 1.82) is 0 Å². The van der Waals surface area contributed by atoms with E-state index in [1.165, 1.54) is 17.0 Å². The molecule has 1 atom stereocenters. The fourth-order valence-corrected chi connectivity index (χ4v) is 2.63. The van der Waals surface area contributed by atoms with Crippen LogP contribution in [0.4, 0.5) is 13.2 Å². The number of hydrogen-bond acceptors (Lipinski definition) is 2. The molecule has 0 aromatic heterocycles. The first-order chi connectivity index (χ1) is 9.79. The van der Waals surface area contributed by atoms with Gasteiger partial charge in [-0.1, -0.05) is 25.5 Å². The Labute approximate surface area is 121 Å². The standard InChI is InChI=1S/C15H18F3NO2/c1-2-3-9-19-13(20)7-8-14(19,21)11-5-4-6-12(10-11)15(16,17)18/h4-6,10,21H,2-3,7-9H2,1H3. The molecule has 1 heterocycles. The highest BCUT2D eigenvalue weighted by Crippen LogP contribution is 2.39. The topological polar surface area (TPSA) is 40.5 Å². The van der Waals surface area contributed by atoms with E-state index in [1.54, 1.807) is 0 Å². The molecular formula is C15H18F3NO2. The van der Waals surface area contributed by atoms with Gasteiger partial charge in [0, 0.05) is 24.9 Å². The van der Waals surface area contributed by atoms with Gasteiger partial charge in [0.05, 0.1) is 5.56 Å². The van der Waals surface area contributed by atoms with Crippen LogP contribution >= 0.6 is 0 Å². The zero-order valence-electron chi connectivity index (χ0n) is 11.8. The Balaban J connectivity index is 2.36. The van der Waals surface area contributed by atoms with Crippen molar-refractivity contribution in [3.8, 4) is 0 Å². The average molecular weight is 301 g/mol. The number of aliphatic hydroxyl groups is 1. The Morgan fingerprint density at radius 3 is 2.71 bits per heavy atom. The molecule has 2 rings (SSSR count). The van der Waals surface area contributed by atoms with E-state index in [0.717, 1.165) is 18.6 Å². The summed E-state index contributed by atoms with van der Waals surface area (Å²) in [6, 6.07) is 4.58. The molecule has 1 fully saturated rings. The van der Waals surface area contributed by atoms with E-state index in [2.05, 4.69) is 0 Å². The molecule has 116 valence electrons. The maximum Gasteiger partial charge on any atom is 0.416 e. The normalized spacial score (nSPS) is 22.9. The van der Waals surface area contributed by atoms with E-state index in [4.69, 9.17) is 0 Å². The second-order valence-corrected chi connectivity index (χ2v) is 5.29. The first-order valence-corrected chi connectivity index (χ1v) is 6.99. The fourth-order valence-electron chi connectivity index (χ4n) is 2.63. The van der Waals surface area contributed by atoms with Crippen LogP contribution in [0, 0.1) is 0 Å². The molecule has 21 heavy (non-hydrogen) atoms. The third-order valence-electron chi connectivity index (χ3n) is 3.82. The van der Waals surface area contributed by atoms with Crippen molar-refractivity contribution < 1.29 is 23.1 Å². The molecule has 0 spiro atoms. The molecule has 6 heteroatoms. The number of unbranched alkanes of at least 4 members (excludes halogenated alkanes) is 1. The molecule has 1 unspecified atom stereocenters. The molecule has 1 saturated heterocycles. The maximum absolute atomic E-state index is 12.8. The van der Waals surface area contributed by atoms with Gasteiger partial charge in [0.1, 0.15) is 0 Å². The molecule has 0 aliphatic carbocycles. The van der Waals surface area contributed by atoms with Gasteiger partial charge in [-0.05, 0) is 18.6 Å². The summed E-state index contributed by atoms with van der Waals surface area (Å²) in [5.74, 6) is -0.219. The van der Waals surface area contributed by atoms with E-state index in [9.17, 15) is 23.1 Å². The Morgan fingerprint density at radius 2 is 2.10 bits per heavy atom. The zero-order valence-corrected chi connectivity index (χ0v) is 11.8. The molecule has 1 N–H and O–H groups in total. The predicted molar refractivity (Wildman–Crippen MR) is 71.2 cm³/mol. The Bertz CT molecular complexity index is 530. The minimum absolute atomic E-state index is 0.122. The van der Waals surface area contributed by atoms with E-state index < -0.39 is 17.5 Å². The minimum Gasteiger partial charge on any atom is -0.367 e. The second-order valence-electron chi connectivity index (χ2n) is 5.29. The van der Waals surface area contributed by atoms with E-state index >= 15 is 0 Å². The number of carbonyl (C=O) groups is 1. The summed E-state index contributed by atoms with van der Waals surface area (Å²) in [6.45, 7) is 2.30. The molecule has 1 aliphatic rings. The molecule has 0 radical (unpaired) electrons. The quantitative estimate of drug-likeness (QED) is 0.927. The van der Waals surface area contributed by atoms with Crippen LogP contribution in [-0.4, -0.2) is 22.5 Å². The van der Waals surface area contributed by atoms with E-state index in [1.807, 2.05) is 6.92 Å². The Hall–Kier alpha value is -1.56. The third-order valence-corrected chi connectivity index (χ3v) is 3.82. The average Bonchev–Trinajstić information content (AvgIpc) is 2.73. The lowest BCUT2D eigenvalue weighted by atomic mass is 9.97. The number of nitrogens with zero attached hydrogens (tertiary/aromatic N) is 1. The van der Waals surface area contributed by atoms with E-state index in [0.29, 0.717) is 13.0 Å². The summed E-state index contributed by atoms with van der Waals surface area (Å²) in [5.41, 5.74) is -2.32. The summed E-state index contributed by atoms with van der Waals surface area (Å²) < 4.78 is 38.4. The van der Waals surface area contributed by atoms with Crippen molar-refractivity contribution in [2.24, 2.45) is 0 Å². The van der Waals surface area contributed by atoms with Crippen LogP contribution in [0.1, 0.15) is 43.7 Å². The van der Waals surface area contributed by atoms with Gasteiger partial charge in [0.2, 0.25) is 5.91 Å². The first kappa shape index (κ1) is 15.8. The second kappa shape index (κ2) is 5.67. The van der Waals surface area contributed by atoms with Crippen molar-refractivity contribution in [3.05, 3.63) is 35.4 Å². The lowest BCUT2D eigenvalue weighted by molar-refractivity contribution is -0.147. The molecule has 0 saturated carbocycles. The van der Waals surface area contributed by atoms with Gasteiger partial charge in [0.25, 0.3) is 0 Å². The molecule has 0 bridgehead atoms. The number of benzene rings is 1. The van der Waals surface area contributed by atoms with Crippen LogP contribution < -0.4 is 0 Å². The monoisotopic (exact) mass is 301 g/mol. The van der Waals surface area contributed by atoms with Gasteiger partial charge in [0.15, 0.2) is 5.72 Å². The van der Waals surface area contributed by atoms with Crippen LogP contribution in [0.15, 0.2) is 24.3 Å². The van der Waals surface area contributed by atoms with Gasteiger partial charge in [-0.2, -0.15) is 13.2 Å². The van der Waals surface area contributed by atoms with Crippen molar-refractivity contribution in [1.82, 2.24) is 4.90 Å². The van der Waals surface area contributed by atoms with Gasteiger partial charge in [-0.25, -0.2) is 0 Å². The van der Waals surface area contributed by atoms with Crippen molar-refractivity contribution in [2.45, 2.75) is 44.5 Å². The zero-order chi connectivity index (χ0) is 15.7. The number of carbonyl (C=O) groups excluding carboxylic acids is 1. The molecule has 1 aliphatic heterocycles. The number of alkyl halides is 3. The molecule has 1 amide bonds. The van der Waals surface area contributed by atoms with Crippen LogP contribution in [0.25, 0.3) is 0 Å². The van der Waals surface area contributed by atoms with Crippen LogP contribution in [0.2, 0.25) is 0 Å². The summed E-state index contributed by atoms with van der Waals surface area (Å²) >= 11 is 0. The number of likely N-dealkylation sites (tertiary alicyclic amines) is 1. The summed E-state index contributed by atoms with van der Waals surface area (Å²) in [7, 11) is 0. The highest BCUT2D eigenvalue weighted by Gasteiger charge is 2.45. The van der Waals surface area contributed by atoms with Crippen molar-refractivity contribution in [2.75, 3.05) is 6.54 Å². The summed E-state index contributed by atoms with van der Waals surface area (Å²) in [6.07, 6.45) is -2.66. The van der Waals surface area contributed by atoms with Crippen LogP contribution in [0.3, 0.4) is 0 Å². The van der Waals surface area contributed by atoms with Gasteiger partial charge in [-0.3, -0.25) is 4.79 Å². The fraction of sp³-hybridized carbons (Fsp3) is 0.533. The smallest absolute Gasteiger partial charge is 0.367 e. The number of hydrogen-bond donors (Lipinski definition) is 1. The molecule has 1 aromatic rings. The largest absolute Gasteiger partial charge is 0.416 e. The Morgan fingerprint density at radius 1 is 1.38 bits per heavy atom. The third kappa shape index (κ3) is 3.05. The SMILES string of the molecule is CCCCN1C(=O)CCC1(O)c1cccc(C(F)(F)F)c1. The van der Waals surface area contributed by atoms with Gasteiger partial charge < -0.3 is 10.0 Å². The van der Waals surface area contributed by atoms with E-state index in [-0.39, 0.29) is 24.3 Å². The summed E-state index contributed by atoms with van der Waals surface area (Å²) in [4.78, 5) is 13.2. The molecule has 3 nitrogen and oxygen atoms in total. The minimum atomic E-state index is -4.47. The Kier molecular flexibility index (Phi) is 4.27. The molecule has 1 aromatic carbocycles.